The first kappa shape index (κ1) is 14.9. The zero-order valence-electron chi connectivity index (χ0n) is 10.9. The lowest BCUT2D eigenvalue weighted by atomic mass is 10.1. The van der Waals surface area contributed by atoms with E-state index in [1.54, 1.807) is 7.11 Å². The van der Waals surface area contributed by atoms with Crippen LogP contribution < -0.4 is 5.32 Å². The average Bonchev–Trinajstić information content (AvgIpc) is 2.21. The Hall–Kier alpha value is -0.120. The largest absolute Gasteiger partial charge is 0.380 e. The summed E-state index contributed by atoms with van der Waals surface area (Å²) in [5.74, 6) is 0.727. The zero-order chi connectivity index (χ0) is 11.7. The third-order valence-electron chi connectivity index (χ3n) is 2.63. The van der Waals surface area contributed by atoms with Crippen LogP contribution in [0.1, 0.15) is 34.1 Å². The normalized spacial score (nSPS) is 15.6. The molecule has 3 heteroatoms. The Morgan fingerprint density at radius 1 is 1.07 bits per heavy atom. The number of rotatable bonds is 9. The molecule has 0 aromatic rings. The second-order valence-electron chi connectivity index (χ2n) is 4.48. The maximum atomic E-state index is 5.50. The van der Waals surface area contributed by atoms with E-state index >= 15 is 0 Å². The molecular weight excluding hydrogens is 190 g/mol. The van der Waals surface area contributed by atoms with Gasteiger partial charge in [-0.25, -0.2) is 0 Å². The summed E-state index contributed by atoms with van der Waals surface area (Å²) in [6.07, 6.45) is 1.39. The Morgan fingerprint density at radius 3 is 2.27 bits per heavy atom. The summed E-state index contributed by atoms with van der Waals surface area (Å²) in [6, 6.07) is 0.378. The summed E-state index contributed by atoms with van der Waals surface area (Å²) in [5, 5.41) is 3.37. The Labute approximate surface area is 94.5 Å². The number of methoxy groups -OCH3 is 1. The molecule has 15 heavy (non-hydrogen) atoms. The third-order valence-corrected chi connectivity index (χ3v) is 2.63. The molecule has 0 heterocycles. The molecule has 2 atom stereocenters. The van der Waals surface area contributed by atoms with Crippen molar-refractivity contribution in [1.29, 1.82) is 0 Å². The molecule has 0 aromatic heterocycles. The highest BCUT2D eigenvalue weighted by atomic mass is 16.5. The molecule has 0 saturated carbocycles. The van der Waals surface area contributed by atoms with Gasteiger partial charge in [-0.3, -0.25) is 0 Å². The van der Waals surface area contributed by atoms with E-state index in [9.17, 15) is 0 Å². The van der Waals surface area contributed by atoms with Gasteiger partial charge in [-0.05, 0) is 26.2 Å². The van der Waals surface area contributed by atoms with E-state index in [2.05, 4.69) is 33.0 Å². The van der Waals surface area contributed by atoms with Crippen molar-refractivity contribution in [2.75, 3.05) is 26.9 Å². The van der Waals surface area contributed by atoms with Gasteiger partial charge in [0.05, 0.1) is 12.7 Å². The first-order chi connectivity index (χ1) is 7.07. The Kier molecular flexibility index (Phi) is 9.06. The van der Waals surface area contributed by atoms with E-state index in [1.807, 2.05) is 0 Å². The minimum absolute atomic E-state index is 0.251. The van der Waals surface area contributed by atoms with Crippen LogP contribution in [0.3, 0.4) is 0 Å². The molecule has 0 radical (unpaired) electrons. The molecule has 2 unspecified atom stereocenters. The summed E-state index contributed by atoms with van der Waals surface area (Å²) >= 11 is 0. The molecule has 0 aliphatic heterocycles. The van der Waals surface area contributed by atoms with E-state index in [4.69, 9.17) is 9.47 Å². The fraction of sp³-hybridized carbons (Fsp3) is 1.00. The van der Waals surface area contributed by atoms with Gasteiger partial charge < -0.3 is 14.8 Å². The lowest BCUT2D eigenvalue weighted by molar-refractivity contribution is 0.0796. The van der Waals surface area contributed by atoms with Crippen molar-refractivity contribution in [2.45, 2.75) is 46.3 Å². The van der Waals surface area contributed by atoms with Crippen molar-refractivity contribution in [3.05, 3.63) is 0 Å². The van der Waals surface area contributed by atoms with Crippen LogP contribution in [0.25, 0.3) is 0 Å². The van der Waals surface area contributed by atoms with Crippen molar-refractivity contribution in [3.8, 4) is 0 Å². The fourth-order valence-electron chi connectivity index (χ4n) is 1.15. The minimum Gasteiger partial charge on any atom is -0.380 e. The third kappa shape index (κ3) is 8.85. The number of hydrogen-bond acceptors (Lipinski definition) is 3. The highest BCUT2D eigenvalue weighted by molar-refractivity contribution is 4.67. The van der Waals surface area contributed by atoms with Crippen molar-refractivity contribution in [3.63, 3.8) is 0 Å². The molecule has 0 aliphatic rings. The van der Waals surface area contributed by atoms with Gasteiger partial charge >= 0.3 is 0 Å². The van der Waals surface area contributed by atoms with Gasteiger partial charge in [0, 0.05) is 26.3 Å². The molecule has 92 valence electrons. The minimum atomic E-state index is 0.251. The molecule has 0 amide bonds. The molecule has 0 aromatic carbocycles. The summed E-state index contributed by atoms with van der Waals surface area (Å²) in [6.45, 7) is 11.2. The highest BCUT2D eigenvalue weighted by Crippen LogP contribution is 1.98. The van der Waals surface area contributed by atoms with Crippen LogP contribution in [0.15, 0.2) is 0 Å². The van der Waals surface area contributed by atoms with E-state index in [-0.39, 0.29) is 6.10 Å². The van der Waals surface area contributed by atoms with Crippen molar-refractivity contribution in [1.82, 2.24) is 5.32 Å². The van der Waals surface area contributed by atoms with Crippen LogP contribution in [0.4, 0.5) is 0 Å². The average molecular weight is 217 g/mol. The molecule has 0 saturated heterocycles. The number of ether oxygens (including phenoxy) is 2. The van der Waals surface area contributed by atoms with Gasteiger partial charge in [0.15, 0.2) is 0 Å². The lowest BCUT2D eigenvalue weighted by Crippen LogP contribution is -2.38. The summed E-state index contributed by atoms with van der Waals surface area (Å²) < 4.78 is 10.7. The molecule has 0 fully saturated rings. The smallest absolute Gasteiger partial charge is 0.0693 e. The zero-order valence-corrected chi connectivity index (χ0v) is 10.9. The van der Waals surface area contributed by atoms with Crippen LogP contribution in [-0.2, 0) is 9.47 Å². The van der Waals surface area contributed by atoms with Gasteiger partial charge in [0.2, 0.25) is 0 Å². The van der Waals surface area contributed by atoms with E-state index in [0.29, 0.717) is 6.04 Å². The van der Waals surface area contributed by atoms with Crippen molar-refractivity contribution in [2.24, 2.45) is 5.92 Å². The van der Waals surface area contributed by atoms with Crippen molar-refractivity contribution < 1.29 is 9.47 Å². The second-order valence-corrected chi connectivity index (χ2v) is 4.48. The first-order valence-corrected chi connectivity index (χ1v) is 5.91. The number of hydrogen-bond donors (Lipinski definition) is 1. The van der Waals surface area contributed by atoms with E-state index in [1.165, 1.54) is 0 Å². The quantitative estimate of drug-likeness (QED) is 0.600. The monoisotopic (exact) mass is 217 g/mol. The predicted octanol–water partition coefficient (Wildman–Crippen LogP) is 2.06. The molecule has 0 rings (SSSR count). The summed E-state index contributed by atoms with van der Waals surface area (Å²) in [5.41, 5.74) is 0. The topological polar surface area (TPSA) is 30.5 Å². The molecule has 0 bridgehead atoms. The van der Waals surface area contributed by atoms with Gasteiger partial charge in [-0.15, -0.1) is 0 Å². The Bertz CT molecular complexity index is 140. The molecule has 1 N–H and O–H groups in total. The van der Waals surface area contributed by atoms with Gasteiger partial charge in [-0.1, -0.05) is 13.8 Å². The SMILES string of the molecule is COC(C)C(C)NCCOCCC(C)C. The van der Waals surface area contributed by atoms with Gasteiger partial charge in [-0.2, -0.15) is 0 Å². The van der Waals surface area contributed by atoms with E-state index < -0.39 is 0 Å². The summed E-state index contributed by atoms with van der Waals surface area (Å²) in [7, 11) is 1.74. The molecule has 0 aliphatic carbocycles. The highest BCUT2D eigenvalue weighted by Gasteiger charge is 2.09. The Morgan fingerprint density at radius 2 is 1.73 bits per heavy atom. The number of nitrogens with one attached hydrogen (secondary N) is 1. The molecule has 3 nitrogen and oxygen atoms in total. The van der Waals surface area contributed by atoms with Gasteiger partial charge in [0.25, 0.3) is 0 Å². The fourth-order valence-corrected chi connectivity index (χ4v) is 1.15. The molecule has 0 spiro atoms. The van der Waals surface area contributed by atoms with E-state index in [0.717, 1.165) is 32.1 Å². The maximum Gasteiger partial charge on any atom is 0.0693 e. The Balaban J connectivity index is 3.23. The second kappa shape index (κ2) is 9.13. The van der Waals surface area contributed by atoms with Crippen LogP contribution >= 0.6 is 0 Å². The van der Waals surface area contributed by atoms with Gasteiger partial charge in [0.1, 0.15) is 0 Å². The summed E-state index contributed by atoms with van der Waals surface area (Å²) in [4.78, 5) is 0. The molecular formula is C12H27NO2. The maximum absolute atomic E-state index is 5.50. The first-order valence-electron chi connectivity index (χ1n) is 5.91. The van der Waals surface area contributed by atoms with Crippen LogP contribution in [0.5, 0.6) is 0 Å². The van der Waals surface area contributed by atoms with Crippen LogP contribution in [0.2, 0.25) is 0 Å². The van der Waals surface area contributed by atoms with Crippen LogP contribution in [0, 0.1) is 5.92 Å². The standard InChI is InChI=1S/C12H27NO2/c1-10(2)6-8-15-9-7-13-11(3)12(4)14-5/h10-13H,6-9H2,1-5H3. The predicted molar refractivity (Wildman–Crippen MR) is 64.2 cm³/mol. The van der Waals surface area contributed by atoms with Crippen molar-refractivity contribution >= 4 is 0 Å². The lowest BCUT2D eigenvalue weighted by Gasteiger charge is -2.19. The van der Waals surface area contributed by atoms with Crippen LogP contribution in [-0.4, -0.2) is 39.0 Å².